The van der Waals surface area contributed by atoms with E-state index in [-0.39, 0.29) is 0 Å². The van der Waals surface area contributed by atoms with Crippen molar-refractivity contribution in [1.82, 2.24) is 9.97 Å². The molecule has 13 heavy (non-hydrogen) atoms. The molecule has 0 saturated carbocycles. The molecule has 0 aromatic carbocycles. The Morgan fingerprint density at radius 2 is 2.15 bits per heavy atom. The lowest BCUT2D eigenvalue weighted by molar-refractivity contribution is 0.773. The van der Waals surface area contributed by atoms with Crippen molar-refractivity contribution in [3.8, 4) is 0 Å². The van der Waals surface area contributed by atoms with Crippen molar-refractivity contribution in [3.05, 3.63) is 29.4 Å². The zero-order valence-corrected chi connectivity index (χ0v) is 8.12. The van der Waals surface area contributed by atoms with E-state index in [2.05, 4.69) is 36.0 Å². The van der Waals surface area contributed by atoms with Gasteiger partial charge in [0.1, 0.15) is 6.33 Å². The topological polar surface area (TPSA) is 25.8 Å². The van der Waals surface area contributed by atoms with Gasteiger partial charge < -0.3 is 0 Å². The molecule has 1 aromatic heterocycles. The highest BCUT2D eigenvalue weighted by Gasteiger charge is 2.13. The molecule has 0 spiro atoms. The van der Waals surface area contributed by atoms with Crippen molar-refractivity contribution in [1.29, 1.82) is 0 Å². The van der Waals surface area contributed by atoms with E-state index in [4.69, 9.17) is 0 Å². The molecule has 0 amide bonds. The summed E-state index contributed by atoms with van der Waals surface area (Å²) in [7, 11) is 0. The van der Waals surface area contributed by atoms with E-state index in [1.807, 2.05) is 0 Å². The van der Waals surface area contributed by atoms with Crippen LogP contribution >= 0.6 is 0 Å². The monoisotopic (exact) mass is 174 g/mol. The maximum Gasteiger partial charge on any atom is 0.116 e. The molecule has 0 fully saturated rings. The third-order valence-electron chi connectivity index (χ3n) is 2.40. The number of fused-ring (bicyclic) bond motifs is 1. The SMILES string of the molecule is CC(C)c1ncnc2c1CCC=C2. The van der Waals surface area contributed by atoms with Gasteiger partial charge >= 0.3 is 0 Å². The second-order valence-corrected chi connectivity index (χ2v) is 3.72. The fourth-order valence-corrected chi connectivity index (χ4v) is 1.76. The number of hydrogen-bond acceptors (Lipinski definition) is 2. The lowest BCUT2D eigenvalue weighted by atomic mass is 9.95. The van der Waals surface area contributed by atoms with Gasteiger partial charge in [-0.15, -0.1) is 0 Å². The Kier molecular flexibility index (Phi) is 2.13. The van der Waals surface area contributed by atoms with Crippen LogP contribution in [-0.2, 0) is 6.42 Å². The number of allylic oxidation sites excluding steroid dienone is 1. The van der Waals surface area contributed by atoms with Gasteiger partial charge in [0, 0.05) is 0 Å². The first-order valence-electron chi connectivity index (χ1n) is 4.79. The molecule has 1 aliphatic carbocycles. The van der Waals surface area contributed by atoms with E-state index in [0.717, 1.165) is 18.5 Å². The summed E-state index contributed by atoms with van der Waals surface area (Å²) >= 11 is 0. The molecule has 2 heteroatoms. The van der Waals surface area contributed by atoms with E-state index in [9.17, 15) is 0 Å². The molecule has 2 nitrogen and oxygen atoms in total. The maximum absolute atomic E-state index is 4.35. The summed E-state index contributed by atoms with van der Waals surface area (Å²) in [5.74, 6) is 0.503. The number of rotatable bonds is 1. The fourth-order valence-electron chi connectivity index (χ4n) is 1.76. The van der Waals surface area contributed by atoms with Gasteiger partial charge in [-0.3, -0.25) is 0 Å². The van der Waals surface area contributed by atoms with Crippen LogP contribution in [-0.4, -0.2) is 9.97 Å². The predicted molar refractivity (Wildman–Crippen MR) is 53.5 cm³/mol. The maximum atomic E-state index is 4.35. The van der Waals surface area contributed by atoms with Gasteiger partial charge in [-0.2, -0.15) is 0 Å². The van der Waals surface area contributed by atoms with Crippen molar-refractivity contribution < 1.29 is 0 Å². The van der Waals surface area contributed by atoms with Crippen LogP contribution in [0, 0.1) is 0 Å². The molecule has 0 atom stereocenters. The molecule has 0 aliphatic heterocycles. The number of aromatic nitrogens is 2. The molecule has 1 heterocycles. The molecule has 0 bridgehead atoms. The van der Waals surface area contributed by atoms with Gasteiger partial charge in [0.15, 0.2) is 0 Å². The van der Waals surface area contributed by atoms with Gasteiger partial charge in [0.2, 0.25) is 0 Å². The summed E-state index contributed by atoms with van der Waals surface area (Å²) < 4.78 is 0. The first-order chi connectivity index (χ1) is 6.29. The van der Waals surface area contributed by atoms with E-state index >= 15 is 0 Å². The Morgan fingerprint density at radius 3 is 2.92 bits per heavy atom. The minimum Gasteiger partial charge on any atom is -0.241 e. The molecule has 1 aromatic rings. The van der Waals surface area contributed by atoms with Crippen molar-refractivity contribution in [2.24, 2.45) is 0 Å². The first-order valence-corrected chi connectivity index (χ1v) is 4.79. The second-order valence-electron chi connectivity index (χ2n) is 3.72. The summed E-state index contributed by atoms with van der Waals surface area (Å²) in [6.45, 7) is 4.36. The molecule has 68 valence electrons. The zero-order valence-electron chi connectivity index (χ0n) is 8.12. The van der Waals surface area contributed by atoms with E-state index in [1.165, 1.54) is 11.3 Å². The van der Waals surface area contributed by atoms with Crippen LogP contribution in [0.1, 0.15) is 43.1 Å². The Morgan fingerprint density at radius 1 is 1.31 bits per heavy atom. The predicted octanol–water partition coefficient (Wildman–Crippen LogP) is 2.56. The average molecular weight is 174 g/mol. The van der Waals surface area contributed by atoms with Gasteiger partial charge in [-0.1, -0.05) is 19.9 Å². The Bertz CT molecular complexity index is 340. The van der Waals surface area contributed by atoms with Crippen LogP contribution in [0.4, 0.5) is 0 Å². The van der Waals surface area contributed by atoms with E-state index < -0.39 is 0 Å². The van der Waals surface area contributed by atoms with Gasteiger partial charge in [0.25, 0.3) is 0 Å². The molecular weight excluding hydrogens is 160 g/mol. The summed E-state index contributed by atoms with van der Waals surface area (Å²) in [4.78, 5) is 8.61. The largest absolute Gasteiger partial charge is 0.241 e. The Labute approximate surface area is 78.7 Å². The summed E-state index contributed by atoms with van der Waals surface area (Å²) in [6, 6.07) is 0. The third-order valence-corrected chi connectivity index (χ3v) is 2.40. The summed E-state index contributed by atoms with van der Waals surface area (Å²) in [5.41, 5.74) is 3.68. The quantitative estimate of drug-likeness (QED) is 0.654. The highest BCUT2D eigenvalue weighted by Crippen LogP contribution is 2.24. The minimum absolute atomic E-state index is 0.503. The van der Waals surface area contributed by atoms with Gasteiger partial charge in [0.05, 0.1) is 11.4 Å². The Balaban J connectivity index is 2.53. The molecule has 0 unspecified atom stereocenters. The lowest BCUT2D eigenvalue weighted by Gasteiger charge is -2.15. The highest BCUT2D eigenvalue weighted by molar-refractivity contribution is 5.53. The van der Waals surface area contributed by atoms with Crippen LogP contribution in [0.15, 0.2) is 12.4 Å². The summed E-state index contributed by atoms with van der Waals surface area (Å²) in [5, 5.41) is 0. The highest BCUT2D eigenvalue weighted by atomic mass is 14.8. The molecule has 0 radical (unpaired) electrons. The lowest BCUT2D eigenvalue weighted by Crippen LogP contribution is -2.06. The standard InChI is InChI=1S/C11H14N2/c1-8(2)11-9-5-3-4-6-10(9)12-7-13-11/h4,6-8H,3,5H2,1-2H3. The number of hydrogen-bond donors (Lipinski definition) is 0. The van der Waals surface area contributed by atoms with E-state index in [1.54, 1.807) is 6.33 Å². The zero-order chi connectivity index (χ0) is 9.26. The minimum atomic E-state index is 0.503. The van der Waals surface area contributed by atoms with Gasteiger partial charge in [-0.25, -0.2) is 9.97 Å². The number of nitrogens with zero attached hydrogens (tertiary/aromatic N) is 2. The Hall–Kier alpha value is -1.18. The van der Waals surface area contributed by atoms with Crippen molar-refractivity contribution in [3.63, 3.8) is 0 Å². The van der Waals surface area contributed by atoms with Crippen LogP contribution in [0.5, 0.6) is 0 Å². The van der Waals surface area contributed by atoms with Crippen molar-refractivity contribution in [2.75, 3.05) is 0 Å². The molecule has 1 aliphatic rings. The smallest absolute Gasteiger partial charge is 0.116 e. The van der Waals surface area contributed by atoms with Crippen molar-refractivity contribution in [2.45, 2.75) is 32.6 Å². The fraction of sp³-hybridized carbons (Fsp3) is 0.455. The first kappa shape index (κ1) is 8.42. The van der Waals surface area contributed by atoms with Gasteiger partial charge in [-0.05, 0) is 30.4 Å². The van der Waals surface area contributed by atoms with Crippen LogP contribution < -0.4 is 0 Å². The normalized spacial score (nSPS) is 14.7. The molecule has 0 saturated heterocycles. The molecular formula is C11H14N2. The molecule has 2 rings (SSSR count). The third kappa shape index (κ3) is 1.48. The van der Waals surface area contributed by atoms with Crippen molar-refractivity contribution >= 4 is 6.08 Å². The molecule has 0 N–H and O–H groups in total. The van der Waals surface area contributed by atoms with Crippen LogP contribution in [0.3, 0.4) is 0 Å². The summed E-state index contributed by atoms with van der Waals surface area (Å²) in [6.07, 6.45) is 8.18. The second kappa shape index (κ2) is 3.29. The van der Waals surface area contributed by atoms with Crippen LogP contribution in [0.2, 0.25) is 0 Å². The van der Waals surface area contributed by atoms with Crippen LogP contribution in [0.25, 0.3) is 6.08 Å². The van der Waals surface area contributed by atoms with E-state index in [0.29, 0.717) is 5.92 Å². The average Bonchev–Trinajstić information content (AvgIpc) is 2.17.